The maximum Gasteiger partial charge on any atom is 0.344 e. The van der Waals surface area contributed by atoms with Gasteiger partial charge in [0, 0.05) is 0 Å². The normalized spacial score (nSPS) is 11.0. The van der Waals surface area contributed by atoms with Crippen molar-refractivity contribution < 1.29 is 18.5 Å². The number of furan rings is 1. The van der Waals surface area contributed by atoms with E-state index in [0.717, 1.165) is 11.1 Å². The van der Waals surface area contributed by atoms with E-state index in [0.29, 0.717) is 33.8 Å². The predicted octanol–water partition coefficient (Wildman–Crippen LogP) is 4.63. The van der Waals surface area contributed by atoms with Crippen LogP contribution in [0.1, 0.15) is 27.2 Å². The Morgan fingerprint density at radius 1 is 1.12 bits per heavy atom. The number of hydrogen-bond acceptors (Lipinski definition) is 6. The molecule has 130 valence electrons. The van der Waals surface area contributed by atoms with Crippen molar-refractivity contribution in [1.82, 2.24) is 10.1 Å². The zero-order chi connectivity index (χ0) is 18.3. The molecule has 6 nitrogen and oxygen atoms in total. The van der Waals surface area contributed by atoms with Crippen LogP contribution < -0.4 is 4.74 Å². The molecule has 26 heavy (non-hydrogen) atoms. The highest BCUT2D eigenvalue weighted by Gasteiger charge is 2.22. The molecular formula is C20H16N2O4. The van der Waals surface area contributed by atoms with E-state index in [9.17, 15) is 4.79 Å². The molecule has 0 saturated carbocycles. The molecule has 1 aromatic carbocycles. The lowest BCUT2D eigenvalue weighted by atomic mass is 10.1. The topological polar surface area (TPSA) is 78.4 Å². The van der Waals surface area contributed by atoms with Crippen molar-refractivity contribution in [1.29, 1.82) is 0 Å². The second-order valence-corrected chi connectivity index (χ2v) is 6.14. The van der Waals surface area contributed by atoms with Crippen molar-refractivity contribution in [3.05, 3.63) is 65.0 Å². The molecule has 0 aliphatic rings. The molecule has 0 fully saturated rings. The van der Waals surface area contributed by atoms with Crippen molar-refractivity contribution in [3.8, 4) is 17.2 Å². The number of fused-ring (bicyclic) bond motifs is 1. The van der Waals surface area contributed by atoms with Crippen LogP contribution in [0.2, 0.25) is 0 Å². The average Bonchev–Trinajstić information content (AvgIpc) is 3.27. The monoisotopic (exact) mass is 348 g/mol. The molecule has 0 saturated heterocycles. The second-order valence-electron chi connectivity index (χ2n) is 6.14. The minimum atomic E-state index is -0.497. The van der Waals surface area contributed by atoms with Crippen LogP contribution >= 0.6 is 0 Å². The van der Waals surface area contributed by atoms with Crippen LogP contribution in [0.5, 0.6) is 5.75 Å². The first-order valence-electron chi connectivity index (χ1n) is 8.13. The zero-order valence-corrected chi connectivity index (χ0v) is 14.6. The second kappa shape index (κ2) is 6.15. The molecule has 0 radical (unpaired) electrons. The summed E-state index contributed by atoms with van der Waals surface area (Å²) < 4.78 is 16.3. The Balaban J connectivity index is 1.81. The van der Waals surface area contributed by atoms with Crippen LogP contribution in [0.3, 0.4) is 0 Å². The van der Waals surface area contributed by atoms with Crippen molar-refractivity contribution in [2.75, 3.05) is 0 Å². The number of ether oxygens (including phenoxy) is 1. The van der Waals surface area contributed by atoms with E-state index in [1.54, 1.807) is 37.5 Å². The van der Waals surface area contributed by atoms with E-state index in [-0.39, 0.29) is 5.71 Å². The van der Waals surface area contributed by atoms with E-state index >= 15 is 0 Å². The Kier molecular flexibility index (Phi) is 3.80. The van der Waals surface area contributed by atoms with Crippen LogP contribution in [-0.2, 0) is 0 Å². The lowest BCUT2D eigenvalue weighted by Gasteiger charge is -2.09. The van der Waals surface area contributed by atoms with Crippen LogP contribution in [0.25, 0.3) is 22.6 Å². The third-order valence-electron chi connectivity index (χ3n) is 4.14. The van der Waals surface area contributed by atoms with Crippen LogP contribution in [0.15, 0.2) is 51.6 Å². The molecule has 0 unspecified atom stereocenters. The minimum absolute atomic E-state index is 0.268. The smallest absolute Gasteiger partial charge is 0.344 e. The van der Waals surface area contributed by atoms with Gasteiger partial charge in [0.15, 0.2) is 5.76 Å². The number of rotatable bonds is 3. The Morgan fingerprint density at radius 2 is 1.96 bits per heavy atom. The first kappa shape index (κ1) is 16.1. The quantitative estimate of drug-likeness (QED) is 0.397. The summed E-state index contributed by atoms with van der Waals surface area (Å²) in [6, 6.07) is 10.8. The number of esters is 1. The fourth-order valence-corrected chi connectivity index (χ4v) is 2.87. The Morgan fingerprint density at radius 3 is 2.69 bits per heavy atom. The van der Waals surface area contributed by atoms with Crippen molar-refractivity contribution in [2.24, 2.45) is 0 Å². The van der Waals surface area contributed by atoms with Crippen molar-refractivity contribution >= 4 is 17.1 Å². The fourth-order valence-electron chi connectivity index (χ4n) is 2.87. The van der Waals surface area contributed by atoms with Gasteiger partial charge in [-0.3, -0.25) is 0 Å². The number of benzene rings is 1. The molecule has 0 N–H and O–H groups in total. The van der Waals surface area contributed by atoms with E-state index in [2.05, 4.69) is 10.1 Å². The van der Waals surface area contributed by atoms with Gasteiger partial charge in [-0.1, -0.05) is 22.9 Å². The molecule has 4 rings (SSSR count). The van der Waals surface area contributed by atoms with Gasteiger partial charge in [-0.15, -0.1) is 0 Å². The van der Waals surface area contributed by atoms with Crippen molar-refractivity contribution in [2.45, 2.75) is 20.8 Å². The van der Waals surface area contributed by atoms with E-state index < -0.39 is 5.97 Å². The molecule has 0 amide bonds. The summed E-state index contributed by atoms with van der Waals surface area (Å²) in [5.74, 6) is 0.546. The Hall–Kier alpha value is -3.41. The van der Waals surface area contributed by atoms with Gasteiger partial charge in [0.1, 0.15) is 11.4 Å². The van der Waals surface area contributed by atoms with Crippen LogP contribution in [-0.4, -0.2) is 16.1 Å². The Labute approximate surface area is 149 Å². The van der Waals surface area contributed by atoms with Gasteiger partial charge in [-0.2, -0.15) is 0 Å². The fraction of sp³-hybridized carbons (Fsp3) is 0.150. The van der Waals surface area contributed by atoms with Crippen molar-refractivity contribution in [3.63, 3.8) is 0 Å². The third-order valence-corrected chi connectivity index (χ3v) is 4.14. The molecule has 0 atom stereocenters. The predicted molar refractivity (Wildman–Crippen MR) is 95.1 cm³/mol. The van der Waals surface area contributed by atoms with E-state index in [1.807, 2.05) is 26.0 Å². The molecule has 3 aromatic heterocycles. The third kappa shape index (κ3) is 2.75. The number of hydrogen-bond donors (Lipinski definition) is 0. The summed E-state index contributed by atoms with van der Waals surface area (Å²) in [7, 11) is 0. The molecule has 4 aromatic rings. The van der Waals surface area contributed by atoms with Gasteiger partial charge < -0.3 is 13.7 Å². The van der Waals surface area contributed by atoms with Crippen LogP contribution in [0, 0.1) is 20.8 Å². The summed E-state index contributed by atoms with van der Waals surface area (Å²) in [6.07, 6.45) is 1.54. The lowest BCUT2D eigenvalue weighted by Crippen LogP contribution is -2.11. The molecular weight excluding hydrogens is 332 g/mol. The number of pyridine rings is 1. The summed E-state index contributed by atoms with van der Waals surface area (Å²) in [5, 5.41) is 4.46. The first-order valence-corrected chi connectivity index (χ1v) is 8.13. The van der Waals surface area contributed by atoms with Gasteiger partial charge in [0.25, 0.3) is 5.71 Å². The Bertz CT molecular complexity index is 1110. The van der Waals surface area contributed by atoms with Gasteiger partial charge in [0.2, 0.25) is 0 Å². The number of carbonyl (C=O) groups excluding carboxylic acids is 1. The van der Waals surface area contributed by atoms with E-state index in [1.165, 1.54) is 0 Å². The summed E-state index contributed by atoms with van der Waals surface area (Å²) in [6.45, 7) is 5.64. The SMILES string of the molecule is Cc1ccc(OC(=O)c2cc(-c3ccco3)nc3onc(C)c23)c(C)c1. The number of aromatic nitrogens is 2. The van der Waals surface area contributed by atoms with E-state index in [4.69, 9.17) is 13.7 Å². The van der Waals surface area contributed by atoms with Gasteiger partial charge in [-0.25, -0.2) is 9.78 Å². The number of carbonyl (C=O) groups is 1. The highest BCUT2D eigenvalue weighted by atomic mass is 16.5. The first-order chi connectivity index (χ1) is 12.5. The molecule has 0 aliphatic heterocycles. The average molecular weight is 348 g/mol. The summed E-state index contributed by atoms with van der Waals surface area (Å²) in [5.41, 5.74) is 3.64. The summed E-state index contributed by atoms with van der Waals surface area (Å²) >= 11 is 0. The lowest BCUT2D eigenvalue weighted by molar-refractivity contribution is 0.0735. The minimum Gasteiger partial charge on any atom is -0.463 e. The zero-order valence-electron chi connectivity index (χ0n) is 14.6. The highest BCUT2D eigenvalue weighted by molar-refractivity contribution is 6.05. The summed E-state index contributed by atoms with van der Waals surface area (Å²) in [4.78, 5) is 17.3. The van der Waals surface area contributed by atoms with Crippen LogP contribution in [0.4, 0.5) is 0 Å². The molecule has 3 heterocycles. The number of aryl methyl sites for hydroxylation is 3. The maximum absolute atomic E-state index is 12.9. The maximum atomic E-state index is 12.9. The standard InChI is InChI=1S/C20H16N2O4/c1-11-6-7-16(12(2)9-11)25-20(23)14-10-15(17-5-4-8-24-17)21-19-18(14)13(3)22-26-19/h4-10H,1-3H3. The van der Waals surface area contributed by atoms with Gasteiger partial charge in [-0.05, 0) is 50.6 Å². The largest absolute Gasteiger partial charge is 0.463 e. The molecule has 0 aliphatic carbocycles. The number of nitrogens with zero attached hydrogens (tertiary/aromatic N) is 2. The highest BCUT2D eigenvalue weighted by Crippen LogP contribution is 2.29. The van der Waals surface area contributed by atoms with Gasteiger partial charge in [0.05, 0.1) is 22.9 Å². The molecule has 6 heteroatoms. The molecule has 0 spiro atoms. The molecule has 0 bridgehead atoms. The van der Waals surface area contributed by atoms with Gasteiger partial charge >= 0.3 is 5.97 Å².